The minimum Gasteiger partial charge on any atom is -0.338 e. The van der Waals surface area contributed by atoms with Crippen LogP contribution in [0.25, 0.3) is 21.6 Å². The summed E-state index contributed by atoms with van der Waals surface area (Å²) in [7, 11) is 0. The van der Waals surface area contributed by atoms with E-state index in [0.717, 1.165) is 20.8 Å². The summed E-state index contributed by atoms with van der Waals surface area (Å²) in [4.78, 5) is 14.1. The third kappa shape index (κ3) is 3.43. The molecule has 0 aliphatic heterocycles. The first kappa shape index (κ1) is 16.2. The van der Waals surface area contributed by atoms with Crippen LogP contribution in [0, 0.1) is 0 Å². The molecule has 0 aliphatic carbocycles. The van der Waals surface area contributed by atoms with Gasteiger partial charge in [0.05, 0.1) is 5.75 Å². The van der Waals surface area contributed by atoms with Gasteiger partial charge < -0.3 is 4.52 Å². The quantitative estimate of drug-likeness (QED) is 0.358. The average molecular weight is 368 g/mol. The van der Waals surface area contributed by atoms with E-state index in [1.54, 1.807) is 29.4 Å². The second kappa shape index (κ2) is 6.93. The molecule has 5 nitrogen and oxygen atoms in total. The number of thioether (sulfide) groups is 1. The average Bonchev–Trinajstić information content (AvgIpc) is 3.29. The molecule has 0 atom stereocenters. The Hall–Kier alpha value is -2.25. The number of fused-ring (bicyclic) bond motifs is 1. The van der Waals surface area contributed by atoms with Gasteiger partial charge in [-0.15, -0.1) is 11.3 Å². The summed E-state index contributed by atoms with van der Waals surface area (Å²) >= 11 is 3.19. The number of benzene rings is 1. The van der Waals surface area contributed by atoms with Gasteiger partial charge in [-0.05, 0) is 22.9 Å². The Kier molecular flexibility index (Phi) is 4.50. The molecule has 0 amide bonds. The standard InChI is InChI=1S/C18H16N4OS2/c1-11(2)12-3-5-13(6-4-12)16-21-15(23-22-16)9-25-18-14-7-8-24-17(14)19-10-20-18/h3-8,10-11H,9H2,1-2H3. The summed E-state index contributed by atoms with van der Waals surface area (Å²) in [6, 6.07) is 10.3. The molecule has 4 aromatic rings. The predicted octanol–water partition coefficient (Wildman–Crippen LogP) is 5.16. The fraction of sp³-hybridized carbons (Fsp3) is 0.222. The molecule has 0 saturated heterocycles. The van der Waals surface area contributed by atoms with E-state index < -0.39 is 0 Å². The van der Waals surface area contributed by atoms with E-state index in [2.05, 4.69) is 46.1 Å². The molecule has 1 aromatic carbocycles. The maximum Gasteiger partial charge on any atom is 0.237 e. The lowest BCUT2D eigenvalue weighted by atomic mass is 10.0. The number of rotatable bonds is 5. The largest absolute Gasteiger partial charge is 0.338 e. The number of nitrogens with zero attached hydrogens (tertiary/aromatic N) is 4. The highest BCUT2D eigenvalue weighted by Gasteiger charge is 2.12. The fourth-order valence-corrected chi connectivity index (χ4v) is 4.08. The predicted molar refractivity (Wildman–Crippen MR) is 101 cm³/mol. The minimum atomic E-state index is 0.507. The molecule has 0 bridgehead atoms. The van der Waals surface area contributed by atoms with Crippen molar-refractivity contribution in [1.29, 1.82) is 0 Å². The van der Waals surface area contributed by atoms with Gasteiger partial charge in [-0.3, -0.25) is 0 Å². The molecule has 0 radical (unpaired) electrons. The highest BCUT2D eigenvalue weighted by molar-refractivity contribution is 7.98. The van der Waals surface area contributed by atoms with Crippen LogP contribution in [0.15, 0.2) is 51.6 Å². The van der Waals surface area contributed by atoms with E-state index >= 15 is 0 Å². The molecule has 0 fully saturated rings. The van der Waals surface area contributed by atoms with Crippen molar-refractivity contribution in [2.45, 2.75) is 30.5 Å². The van der Waals surface area contributed by atoms with Gasteiger partial charge in [-0.1, -0.05) is 55.0 Å². The Morgan fingerprint density at radius 2 is 1.96 bits per heavy atom. The van der Waals surface area contributed by atoms with Gasteiger partial charge in [-0.25, -0.2) is 9.97 Å². The lowest BCUT2D eigenvalue weighted by Gasteiger charge is -2.04. The monoisotopic (exact) mass is 368 g/mol. The Morgan fingerprint density at radius 3 is 2.76 bits per heavy atom. The van der Waals surface area contributed by atoms with E-state index in [4.69, 9.17) is 4.52 Å². The summed E-state index contributed by atoms with van der Waals surface area (Å²) in [5, 5.41) is 8.13. The normalized spacial score (nSPS) is 11.5. The smallest absolute Gasteiger partial charge is 0.237 e. The van der Waals surface area contributed by atoms with Crippen molar-refractivity contribution in [2.24, 2.45) is 0 Å². The molecular weight excluding hydrogens is 352 g/mol. The zero-order valence-corrected chi connectivity index (χ0v) is 15.5. The van der Waals surface area contributed by atoms with Crippen molar-refractivity contribution in [2.75, 3.05) is 0 Å². The Bertz CT molecular complexity index is 992. The van der Waals surface area contributed by atoms with Crippen LogP contribution in [0.4, 0.5) is 0 Å². The topological polar surface area (TPSA) is 64.7 Å². The molecule has 126 valence electrons. The van der Waals surface area contributed by atoms with Crippen molar-refractivity contribution in [1.82, 2.24) is 20.1 Å². The Balaban J connectivity index is 1.49. The highest BCUT2D eigenvalue weighted by atomic mass is 32.2. The number of thiophene rings is 1. The Morgan fingerprint density at radius 1 is 1.12 bits per heavy atom. The molecule has 3 aromatic heterocycles. The third-order valence-corrected chi connectivity index (χ3v) is 5.67. The molecule has 25 heavy (non-hydrogen) atoms. The molecule has 0 N–H and O–H groups in total. The molecule has 7 heteroatoms. The molecule has 0 aliphatic rings. The van der Waals surface area contributed by atoms with Crippen LogP contribution >= 0.6 is 23.1 Å². The zero-order valence-electron chi connectivity index (χ0n) is 13.8. The summed E-state index contributed by atoms with van der Waals surface area (Å²) < 4.78 is 5.39. The zero-order chi connectivity index (χ0) is 17.2. The van der Waals surface area contributed by atoms with Gasteiger partial charge in [-0.2, -0.15) is 4.98 Å². The molecule has 0 saturated carbocycles. The summed E-state index contributed by atoms with van der Waals surface area (Å²) in [5.74, 6) is 2.30. The number of aromatic nitrogens is 4. The van der Waals surface area contributed by atoms with E-state index in [-0.39, 0.29) is 0 Å². The first-order chi connectivity index (χ1) is 12.2. The molecule has 0 unspecified atom stereocenters. The van der Waals surface area contributed by atoms with Crippen molar-refractivity contribution >= 4 is 33.3 Å². The van der Waals surface area contributed by atoms with Crippen molar-refractivity contribution < 1.29 is 4.52 Å². The van der Waals surface area contributed by atoms with Crippen molar-refractivity contribution in [3.8, 4) is 11.4 Å². The van der Waals surface area contributed by atoms with Crippen molar-refractivity contribution in [3.05, 3.63) is 53.5 Å². The first-order valence-electron chi connectivity index (χ1n) is 7.94. The minimum absolute atomic E-state index is 0.507. The third-order valence-electron chi connectivity index (χ3n) is 3.86. The van der Waals surface area contributed by atoms with E-state index in [0.29, 0.717) is 23.4 Å². The molecule has 4 rings (SSSR count). The maximum absolute atomic E-state index is 5.39. The summed E-state index contributed by atoms with van der Waals surface area (Å²) in [6.07, 6.45) is 1.59. The van der Waals surface area contributed by atoms with Crippen LogP contribution in [0.1, 0.15) is 31.2 Å². The highest BCUT2D eigenvalue weighted by Crippen LogP contribution is 2.30. The van der Waals surface area contributed by atoms with Gasteiger partial charge in [0.15, 0.2) is 0 Å². The first-order valence-corrected chi connectivity index (χ1v) is 9.81. The van der Waals surface area contributed by atoms with Gasteiger partial charge in [0.25, 0.3) is 0 Å². The number of hydrogen-bond acceptors (Lipinski definition) is 7. The van der Waals surface area contributed by atoms with Gasteiger partial charge in [0, 0.05) is 10.9 Å². The van der Waals surface area contributed by atoms with Crippen LogP contribution in [-0.2, 0) is 5.75 Å². The van der Waals surface area contributed by atoms with E-state index in [9.17, 15) is 0 Å². The van der Waals surface area contributed by atoms with Crippen LogP contribution < -0.4 is 0 Å². The molecule has 0 spiro atoms. The van der Waals surface area contributed by atoms with E-state index in [1.807, 2.05) is 23.6 Å². The van der Waals surface area contributed by atoms with Crippen LogP contribution in [0.5, 0.6) is 0 Å². The van der Waals surface area contributed by atoms with Gasteiger partial charge in [0.1, 0.15) is 16.2 Å². The summed E-state index contributed by atoms with van der Waals surface area (Å²) in [6.45, 7) is 4.35. The second-order valence-corrected chi connectivity index (χ2v) is 7.75. The summed E-state index contributed by atoms with van der Waals surface area (Å²) in [5.41, 5.74) is 2.26. The fourth-order valence-electron chi connectivity index (χ4n) is 2.46. The van der Waals surface area contributed by atoms with Gasteiger partial charge in [0.2, 0.25) is 11.7 Å². The van der Waals surface area contributed by atoms with Crippen LogP contribution in [0.2, 0.25) is 0 Å². The maximum atomic E-state index is 5.39. The van der Waals surface area contributed by atoms with Crippen LogP contribution in [-0.4, -0.2) is 20.1 Å². The number of hydrogen-bond donors (Lipinski definition) is 0. The second-order valence-electron chi connectivity index (χ2n) is 5.90. The van der Waals surface area contributed by atoms with E-state index in [1.165, 1.54) is 5.56 Å². The van der Waals surface area contributed by atoms with Crippen LogP contribution in [0.3, 0.4) is 0 Å². The van der Waals surface area contributed by atoms with Crippen molar-refractivity contribution in [3.63, 3.8) is 0 Å². The van der Waals surface area contributed by atoms with Gasteiger partial charge >= 0.3 is 0 Å². The molecule has 3 heterocycles. The molecular formula is C18H16N4OS2. The lowest BCUT2D eigenvalue weighted by Crippen LogP contribution is -1.88. The lowest BCUT2D eigenvalue weighted by molar-refractivity contribution is 0.391. The SMILES string of the molecule is CC(C)c1ccc(-c2noc(CSc3ncnc4sccc34)n2)cc1. The Labute approximate surface area is 153 Å².